The summed E-state index contributed by atoms with van der Waals surface area (Å²) in [5.41, 5.74) is 1.08. The van der Waals surface area contributed by atoms with Crippen LogP contribution in [0.1, 0.15) is 17.7 Å². The van der Waals surface area contributed by atoms with Crippen molar-refractivity contribution < 1.29 is 5.11 Å². The summed E-state index contributed by atoms with van der Waals surface area (Å²) in [4.78, 5) is 13.2. The maximum absolute atomic E-state index is 9.29. The number of aliphatic hydroxyl groups excluding tert-OH is 1. The number of thiophene rings is 1. The van der Waals surface area contributed by atoms with Crippen molar-refractivity contribution in [3.8, 4) is 10.4 Å². The molecule has 1 atom stereocenters. The highest BCUT2D eigenvalue weighted by Gasteiger charge is 2.19. The molecule has 1 saturated heterocycles. The molecule has 1 unspecified atom stereocenters. The normalized spacial score (nSPS) is 20.1. The third kappa shape index (κ3) is 3.23. The number of hydrogen-bond acceptors (Lipinski definition) is 5. The van der Waals surface area contributed by atoms with E-state index in [9.17, 15) is 5.11 Å². The zero-order chi connectivity index (χ0) is 13.8. The Labute approximate surface area is 123 Å². The molecule has 0 aliphatic carbocycles. The predicted molar refractivity (Wildman–Crippen MR) is 80.4 cm³/mol. The molecule has 20 heavy (non-hydrogen) atoms. The number of nitrogens with zero attached hydrogens (tertiary/aromatic N) is 3. The lowest BCUT2D eigenvalue weighted by atomic mass is 9.99. The Kier molecular flexibility index (Phi) is 4.40. The Hall–Kier alpha value is -1.30. The maximum atomic E-state index is 9.29. The molecule has 0 spiro atoms. The average Bonchev–Trinajstić information content (AvgIpc) is 2.97. The smallest absolute Gasteiger partial charge is 0.115 e. The molecule has 5 heteroatoms. The molecule has 1 N–H and O–H groups in total. The molecule has 2 aromatic heterocycles. The molecule has 3 heterocycles. The fourth-order valence-corrected chi connectivity index (χ4v) is 3.73. The van der Waals surface area contributed by atoms with Crippen LogP contribution in [0.3, 0.4) is 0 Å². The summed E-state index contributed by atoms with van der Waals surface area (Å²) in [6.07, 6.45) is 7.61. The third-order valence-corrected chi connectivity index (χ3v) is 4.87. The summed E-state index contributed by atoms with van der Waals surface area (Å²) in [6, 6.07) is 4.34. The molecule has 4 nitrogen and oxygen atoms in total. The number of hydrogen-bond donors (Lipinski definition) is 1. The van der Waals surface area contributed by atoms with Crippen molar-refractivity contribution in [3.63, 3.8) is 0 Å². The molecule has 1 fully saturated rings. The number of rotatable bonds is 4. The van der Waals surface area contributed by atoms with Crippen LogP contribution >= 0.6 is 11.3 Å². The monoisotopic (exact) mass is 289 g/mol. The Balaban J connectivity index is 1.65. The first-order valence-corrected chi connectivity index (χ1v) is 7.84. The van der Waals surface area contributed by atoms with Crippen LogP contribution in [0.25, 0.3) is 10.4 Å². The summed E-state index contributed by atoms with van der Waals surface area (Å²) < 4.78 is 0. The van der Waals surface area contributed by atoms with Crippen LogP contribution in [0.4, 0.5) is 0 Å². The van der Waals surface area contributed by atoms with E-state index >= 15 is 0 Å². The fraction of sp³-hybridized carbons (Fsp3) is 0.467. The number of likely N-dealkylation sites (tertiary alicyclic amines) is 1. The van der Waals surface area contributed by atoms with Crippen LogP contribution in [-0.4, -0.2) is 39.7 Å². The summed E-state index contributed by atoms with van der Waals surface area (Å²) in [7, 11) is 0. The predicted octanol–water partition coefficient (Wildman–Crippen LogP) is 2.41. The fourth-order valence-electron chi connectivity index (χ4n) is 2.71. The van der Waals surface area contributed by atoms with Crippen LogP contribution in [0.15, 0.2) is 30.9 Å². The lowest BCUT2D eigenvalue weighted by molar-refractivity contribution is 0.116. The van der Waals surface area contributed by atoms with Gasteiger partial charge in [-0.05, 0) is 37.4 Å². The van der Waals surface area contributed by atoms with Crippen LogP contribution < -0.4 is 0 Å². The molecule has 0 amide bonds. The number of aliphatic hydroxyl groups is 1. The molecular weight excluding hydrogens is 270 g/mol. The van der Waals surface area contributed by atoms with E-state index in [-0.39, 0.29) is 0 Å². The van der Waals surface area contributed by atoms with E-state index in [1.54, 1.807) is 17.7 Å². The molecular formula is C15H19N3OS. The zero-order valence-corrected chi connectivity index (χ0v) is 12.2. The van der Waals surface area contributed by atoms with E-state index < -0.39 is 0 Å². The van der Waals surface area contributed by atoms with Gasteiger partial charge in [-0.15, -0.1) is 11.3 Å². The SMILES string of the molecule is OCC1CCCN(Cc2ccc(-c3cncnc3)s2)C1. The van der Waals surface area contributed by atoms with E-state index in [0.29, 0.717) is 12.5 Å². The van der Waals surface area contributed by atoms with Crippen molar-refractivity contribution >= 4 is 11.3 Å². The van der Waals surface area contributed by atoms with Crippen LogP contribution in [0.5, 0.6) is 0 Å². The van der Waals surface area contributed by atoms with E-state index in [1.807, 2.05) is 12.4 Å². The van der Waals surface area contributed by atoms with Gasteiger partial charge in [0.05, 0.1) is 0 Å². The summed E-state index contributed by atoms with van der Waals surface area (Å²) in [6.45, 7) is 3.44. The first-order chi connectivity index (χ1) is 9.85. The van der Waals surface area contributed by atoms with Crippen molar-refractivity contribution in [1.29, 1.82) is 0 Å². The second kappa shape index (κ2) is 6.43. The summed E-state index contributed by atoms with van der Waals surface area (Å²) >= 11 is 1.80. The molecule has 1 aliphatic rings. The first kappa shape index (κ1) is 13.7. The quantitative estimate of drug-likeness (QED) is 0.939. The molecule has 2 aromatic rings. The van der Waals surface area contributed by atoms with Crippen molar-refractivity contribution in [1.82, 2.24) is 14.9 Å². The molecule has 106 valence electrons. The van der Waals surface area contributed by atoms with E-state index in [1.165, 1.54) is 16.2 Å². The largest absolute Gasteiger partial charge is 0.396 e. The van der Waals surface area contributed by atoms with Crippen molar-refractivity contribution in [2.75, 3.05) is 19.7 Å². The van der Waals surface area contributed by atoms with E-state index in [2.05, 4.69) is 27.0 Å². The van der Waals surface area contributed by atoms with Crippen LogP contribution in [0, 0.1) is 5.92 Å². The van der Waals surface area contributed by atoms with Gasteiger partial charge < -0.3 is 5.11 Å². The second-order valence-corrected chi connectivity index (χ2v) is 6.49. The van der Waals surface area contributed by atoms with Gasteiger partial charge in [0.2, 0.25) is 0 Å². The minimum atomic E-state index is 0.313. The lowest BCUT2D eigenvalue weighted by Gasteiger charge is -2.31. The Bertz CT molecular complexity index is 543. The van der Waals surface area contributed by atoms with Crippen molar-refractivity contribution in [2.45, 2.75) is 19.4 Å². The molecule has 3 rings (SSSR count). The number of piperidine rings is 1. The van der Waals surface area contributed by atoms with E-state index in [4.69, 9.17) is 0 Å². The number of aromatic nitrogens is 2. The molecule has 0 aromatic carbocycles. The van der Waals surface area contributed by atoms with E-state index in [0.717, 1.165) is 31.6 Å². The van der Waals surface area contributed by atoms with Gasteiger partial charge in [0, 0.05) is 47.4 Å². The Morgan fingerprint density at radius 2 is 2.15 bits per heavy atom. The highest BCUT2D eigenvalue weighted by Crippen LogP contribution is 2.28. The van der Waals surface area contributed by atoms with Crippen molar-refractivity contribution in [3.05, 3.63) is 35.7 Å². The topological polar surface area (TPSA) is 49.2 Å². The van der Waals surface area contributed by atoms with Gasteiger partial charge >= 0.3 is 0 Å². The minimum absolute atomic E-state index is 0.313. The first-order valence-electron chi connectivity index (χ1n) is 7.02. The molecule has 0 radical (unpaired) electrons. The van der Waals surface area contributed by atoms with Gasteiger partial charge in [-0.2, -0.15) is 0 Å². The van der Waals surface area contributed by atoms with Gasteiger partial charge in [-0.1, -0.05) is 0 Å². The minimum Gasteiger partial charge on any atom is -0.396 e. The highest BCUT2D eigenvalue weighted by atomic mass is 32.1. The molecule has 0 bridgehead atoms. The third-order valence-electron chi connectivity index (χ3n) is 3.75. The lowest BCUT2D eigenvalue weighted by Crippen LogP contribution is -2.36. The van der Waals surface area contributed by atoms with Crippen molar-refractivity contribution in [2.24, 2.45) is 5.92 Å². The molecule has 1 aliphatic heterocycles. The highest BCUT2D eigenvalue weighted by molar-refractivity contribution is 7.15. The van der Waals surface area contributed by atoms with Crippen LogP contribution in [0.2, 0.25) is 0 Å². The van der Waals surface area contributed by atoms with Gasteiger partial charge in [-0.25, -0.2) is 9.97 Å². The van der Waals surface area contributed by atoms with Gasteiger partial charge in [-0.3, -0.25) is 4.90 Å². The summed E-state index contributed by atoms with van der Waals surface area (Å²) in [5.74, 6) is 0.450. The average molecular weight is 289 g/mol. The summed E-state index contributed by atoms with van der Waals surface area (Å²) in [5, 5.41) is 9.29. The van der Waals surface area contributed by atoms with Gasteiger partial charge in [0.25, 0.3) is 0 Å². The van der Waals surface area contributed by atoms with Crippen LogP contribution in [-0.2, 0) is 6.54 Å². The van der Waals surface area contributed by atoms with Gasteiger partial charge in [0.1, 0.15) is 6.33 Å². The standard InChI is InChI=1S/C15H19N3OS/c19-10-12-2-1-5-18(8-12)9-14-3-4-15(20-14)13-6-16-11-17-7-13/h3-4,6-7,11-12,19H,1-2,5,8-10H2. The Morgan fingerprint density at radius 3 is 2.95 bits per heavy atom. The maximum Gasteiger partial charge on any atom is 0.115 e. The Morgan fingerprint density at radius 1 is 1.30 bits per heavy atom. The van der Waals surface area contributed by atoms with Gasteiger partial charge in [0.15, 0.2) is 0 Å². The molecule has 0 saturated carbocycles. The zero-order valence-electron chi connectivity index (χ0n) is 11.4. The second-order valence-electron chi connectivity index (χ2n) is 5.32.